The van der Waals surface area contributed by atoms with Crippen LogP contribution in [0.25, 0.3) is 0 Å². The van der Waals surface area contributed by atoms with Crippen molar-refractivity contribution in [1.82, 2.24) is 0 Å². The number of carbonyl (C=O) groups is 6. The standard InChI is InChI=1S/C9H12O.C8H10O2.C6H7BrO.C5H5BrO2.C5H6O2/c1-6-2-5-8(10)9(6)7-3-4-7;9-6-3-4-7(10)8(6)5-1-2-5;1-4-2-3-5(8)6(4)7;6-5-3(7)1-2-4(5)8;6-4-1-2-5(7)3-4/h7H,2-5H2,1H3;5,9H,1-4H2;2-3H2,1H3;7H,1-2H2;1-3H2. The molecule has 3 saturated carbocycles. The third kappa shape index (κ3) is 10.6. The van der Waals surface area contributed by atoms with E-state index < -0.39 is 0 Å². The van der Waals surface area contributed by atoms with E-state index in [9.17, 15) is 33.9 Å². The van der Waals surface area contributed by atoms with Crippen molar-refractivity contribution in [3.8, 4) is 0 Å². The Labute approximate surface area is 269 Å². The first kappa shape index (κ1) is 35.0. The molecule has 0 bridgehead atoms. The zero-order valence-corrected chi connectivity index (χ0v) is 28.0. The molecule has 43 heavy (non-hydrogen) atoms. The van der Waals surface area contributed by atoms with Crippen LogP contribution in [0.3, 0.4) is 0 Å². The summed E-state index contributed by atoms with van der Waals surface area (Å²) in [6.07, 6.45) is 11.4. The minimum atomic E-state index is 0.00231. The van der Waals surface area contributed by atoms with Crippen LogP contribution in [0.2, 0.25) is 0 Å². The molecule has 0 aromatic carbocycles. The summed E-state index contributed by atoms with van der Waals surface area (Å²) in [6, 6.07) is 0. The Morgan fingerprint density at radius 1 is 0.488 bits per heavy atom. The number of halogens is 2. The lowest BCUT2D eigenvalue weighted by molar-refractivity contribution is -0.122. The van der Waals surface area contributed by atoms with Crippen LogP contribution in [-0.4, -0.2) is 44.9 Å². The molecular weight excluding hydrogens is 684 g/mol. The second kappa shape index (κ2) is 16.0. The van der Waals surface area contributed by atoms with Crippen molar-refractivity contribution in [1.29, 1.82) is 0 Å². The van der Waals surface area contributed by atoms with Crippen molar-refractivity contribution in [2.45, 2.75) is 110 Å². The molecule has 0 atom stereocenters. The number of allylic oxidation sites excluding steroid dienone is 8. The predicted molar refractivity (Wildman–Crippen MR) is 169 cm³/mol. The first-order valence-corrected chi connectivity index (χ1v) is 16.6. The number of hydrogen-bond donors (Lipinski definition) is 2. The summed E-state index contributed by atoms with van der Waals surface area (Å²) in [5.74, 6) is 2.73. The first-order valence-electron chi connectivity index (χ1n) is 15.0. The SMILES string of the molecule is CC1=C(Br)C(=O)CC1.CC1=C(C2CC2)C(=O)CC1.O=C1CCC(=O)C1.O=C1CCC(O)=C1Br.O=C1CCC(O)=C1C1CC1. The first-order chi connectivity index (χ1) is 20.3. The molecule has 7 aliphatic carbocycles. The Bertz CT molecular complexity index is 1220. The minimum absolute atomic E-state index is 0.00231. The van der Waals surface area contributed by atoms with Crippen molar-refractivity contribution in [3.63, 3.8) is 0 Å². The third-order valence-corrected chi connectivity index (χ3v) is 10.2. The Morgan fingerprint density at radius 2 is 0.907 bits per heavy atom. The average molecular weight is 724 g/mol. The van der Waals surface area contributed by atoms with Gasteiger partial charge in [-0.15, -0.1) is 0 Å². The highest BCUT2D eigenvalue weighted by Gasteiger charge is 2.36. The lowest BCUT2D eigenvalue weighted by atomic mass is 10.1. The van der Waals surface area contributed by atoms with Crippen LogP contribution in [0.5, 0.6) is 0 Å². The molecule has 0 spiro atoms. The Hall–Kier alpha value is -2.46. The molecule has 8 nitrogen and oxygen atoms in total. The fraction of sp³-hybridized carbons (Fsp3) is 0.576. The van der Waals surface area contributed by atoms with Crippen molar-refractivity contribution >= 4 is 66.6 Å². The molecule has 7 aliphatic rings. The number of Topliss-reactive ketones (excluding diaryl/α,β-unsaturated/α-hetero) is 6. The van der Waals surface area contributed by atoms with Crippen molar-refractivity contribution in [2.24, 2.45) is 11.8 Å². The lowest BCUT2D eigenvalue weighted by Gasteiger charge is -1.96. The number of carbonyl (C=O) groups excluding carboxylic acids is 6. The maximum absolute atomic E-state index is 11.2. The van der Waals surface area contributed by atoms with Gasteiger partial charge in [-0.25, -0.2) is 0 Å². The van der Waals surface area contributed by atoms with Gasteiger partial charge >= 0.3 is 0 Å². The average Bonchev–Trinajstić information content (AvgIpc) is 3.85. The highest BCUT2D eigenvalue weighted by atomic mass is 79.9. The summed E-state index contributed by atoms with van der Waals surface area (Å²) in [7, 11) is 0. The third-order valence-electron chi connectivity index (χ3n) is 8.17. The molecular formula is C33H40Br2O8. The molecule has 234 valence electrons. The van der Waals surface area contributed by atoms with Gasteiger partial charge in [-0.3, -0.25) is 28.8 Å². The Kier molecular flexibility index (Phi) is 13.1. The summed E-state index contributed by atoms with van der Waals surface area (Å²) in [5.41, 5.74) is 4.50. The number of ketones is 6. The number of aliphatic hydroxyl groups is 2. The molecule has 0 aromatic heterocycles. The van der Waals surface area contributed by atoms with Crippen molar-refractivity contribution in [2.75, 3.05) is 0 Å². The normalized spacial score (nSPS) is 23.3. The summed E-state index contributed by atoms with van der Waals surface area (Å²) in [6.45, 7) is 4.09. The summed E-state index contributed by atoms with van der Waals surface area (Å²) in [5, 5.41) is 18.0. The van der Waals surface area contributed by atoms with Gasteiger partial charge in [0.15, 0.2) is 23.1 Å². The zero-order chi connectivity index (χ0) is 31.8. The van der Waals surface area contributed by atoms with Gasteiger partial charge < -0.3 is 10.2 Å². The Balaban J connectivity index is 0.000000148. The van der Waals surface area contributed by atoms with Crippen LogP contribution in [0, 0.1) is 11.8 Å². The second-order valence-electron chi connectivity index (χ2n) is 11.9. The highest BCUT2D eigenvalue weighted by Crippen LogP contribution is 2.43. The molecule has 0 amide bonds. The van der Waals surface area contributed by atoms with E-state index in [0.29, 0.717) is 72.8 Å². The minimum Gasteiger partial charge on any atom is -0.512 e. The predicted octanol–water partition coefficient (Wildman–Crippen LogP) is 7.49. The fourth-order valence-corrected chi connectivity index (χ4v) is 6.09. The lowest BCUT2D eigenvalue weighted by Crippen LogP contribution is -1.97. The quantitative estimate of drug-likeness (QED) is 0.279. The fourth-order valence-electron chi connectivity index (χ4n) is 5.30. The molecule has 2 N–H and O–H groups in total. The zero-order valence-electron chi connectivity index (χ0n) is 24.9. The van der Waals surface area contributed by atoms with E-state index in [1.807, 2.05) is 6.92 Å². The van der Waals surface area contributed by atoms with E-state index in [1.54, 1.807) is 0 Å². The number of rotatable bonds is 2. The largest absolute Gasteiger partial charge is 0.512 e. The van der Waals surface area contributed by atoms with E-state index in [-0.39, 0.29) is 41.1 Å². The van der Waals surface area contributed by atoms with Crippen molar-refractivity contribution in [3.05, 3.63) is 42.8 Å². The molecule has 10 heteroatoms. The maximum atomic E-state index is 11.2. The van der Waals surface area contributed by atoms with Crippen LogP contribution in [0.4, 0.5) is 0 Å². The summed E-state index contributed by atoms with van der Waals surface area (Å²) < 4.78 is 1.16. The van der Waals surface area contributed by atoms with E-state index in [2.05, 4.69) is 38.8 Å². The van der Waals surface area contributed by atoms with Gasteiger partial charge in [0.05, 0.1) is 21.1 Å². The monoisotopic (exact) mass is 722 g/mol. The summed E-state index contributed by atoms with van der Waals surface area (Å²) >= 11 is 6.15. The highest BCUT2D eigenvalue weighted by molar-refractivity contribution is 9.12. The number of hydrogen-bond acceptors (Lipinski definition) is 8. The van der Waals surface area contributed by atoms with E-state index in [4.69, 9.17) is 5.11 Å². The van der Waals surface area contributed by atoms with E-state index >= 15 is 0 Å². The van der Waals surface area contributed by atoms with Crippen LogP contribution >= 0.6 is 31.9 Å². The van der Waals surface area contributed by atoms with Gasteiger partial charge in [-0.05, 0) is 102 Å². The molecule has 0 saturated heterocycles. The van der Waals surface area contributed by atoms with Crippen LogP contribution in [0.15, 0.2) is 42.8 Å². The topological polar surface area (TPSA) is 143 Å². The van der Waals surface area contributed by atoms with Crippen molar-refractivity contribution < 1.29 is 39.0 Å². The maximum Gasteiger partial charge on any atom is 0.173 e. The molecule has 7 rings (SSSR count). The van der Waals surface area contributed by atoms with Gasteiger partial charge in [-0.1, -0.05) is 11.1 Å². The smallest absolute Gasteiger partial charge is 0.173 e. The molecule has 0 unspecified atom stereocenters. The van der Waals surface area contributed by atoms with Crippen LogP contribution in [-0.2, 0) is 28.8 Å². The summed E-state index contributed by atoms with van der Waals surface area (Å²) in [4.78, 5) is 63.9. The van der Waals surface area contributed by atoms with Gasteiger partial charge in [-0.2, -0.15) is 0 Å². The van der Waals surface area contributed by atoms with Crippen LogP contribution in [0.1, 0.15) is 110 Å². The number of aliphatic hydroxyl groups excluding tert-OH is 2. The Morgan fingerprint density at radius 3 is 1.16 bits per heavy atom. The van der Waals surface area contributed by atoms with E-state index in [0.717, 1.165) is 42.2 Å². The molecule has 3 fully saturated rings. The van der Waals surface area contributed by atoms with Gasteiger partial charge in [0, 0.05) is 56.9 Å². The van der Waals surface area contributed by atoms with E-state index in [1.165, 1.54) is 29.6 Å². The van der Waals surface area contributed by atoms with Gasteiger partial charge in [0.25, 0.3) is 0 Å². The van der Waals surface area contributed by atoms with Crippen LogP contribution < -0.4 is 0 Å². The molecule has 0 heterocycles. The van der Waals surface area contributed by atoms with Gasteiger partial charge in [0.2, 0.25) is 0 Å². The molecule has 0 aliphatic heterocycles. The molecule has 0 aromatic rings. The van der Waals surface area contributed by atoms with Gasteiger partial charge in [0.1, 0.15) is 17.3 Å². The second-order valence-corrected chi connectivity index (χ2v) is 13.5. The molecule has 0 radical (unpaired) electrons.